The Bertz CT molecular complexity index is 798. The largest absolute Gasteiger partial charge is 0.366 e. The highest BCUT2D eigenvalue weighted by atomic mass is 16.6. The predicted molar refractivity (Wildman–Crippen MR) is 101 cm³/mol. The smallest absolute Gasteiger partial charge is 0.292 e. The molecule has 0 spiro atoms. The van der Waals surface area contributed by atoms with Crippen LogP contribution in [0.4, 0.5) is 11.4 Å². The Morgan fingerprint density at radius 1 is 1.15 bits per heavy atom. The predicted octanol–water partition coefficient (Wildman–Crippen LogP) is 3.44. The maximum Gasteiger partial charge on any atom is 0.292 e. The summed E-state index contributed by atoms with van der Waals surface area (Å²) < 4.78 is 0. The average molecular weight is 353 g/mol. The summed E-state index contributed by atoms with van der Waals surface area (Å²) in [5, 5.41) is 14.2. The molecule has 6 heteroatoms. The molecule has 2 aromatic rings. The Morgan fingerprint density at radius 3 is 2.50 bits per heavy atom. The lowest BCUT2D eigenvalue weighted by Gasteiger charge is -2.32. The summed E-state index contributed by atoms with van der Waals surface area (Å²) >= 11 is 0. The monoisotopic (exact) mass is 353 g/mol. The normalized spacial score (nSPS) is 14.9. The van der Waals surface area contributed by atoms with Crippen LogP contribution in [0.15, 0.2) is 48.5 Å². The topological polar surface area (TPSA) is 75.5 Å². The van der Waals surface area contributed by atoms with E-state index >= 15 is 0 Å². The van der Waals surface area contributed by atoms with Crippen molar-refractivity contribution in [1.29, 1.82) is 0 Å². The summed E-state index contributed by atoms with van der Waals surface area (Å²) in [7, 11) is 0. The number of nitro benzene ring substituents is 1. The summed E-state index contributed by atoms with van der Waals surface area (Å²) in [5.74, 6) is 0.0218. The van der Waals surface area contributed by atoms with Crippen LogP contribution in [0.5, 0.6) is 0 Å². The van der Waals surface area contributed by atoms with Crippen molar-refractivity contribution in [1.82, 2.24) is 5.32 Å². The van der Waals surface area contributed by atoms with E-state index in [9.17, 15) is 14.9 Å². The lowest BCUT2D eigenvalue weighted by atomic mass is 9.95. The van der Waals surface area contributed by atoms with Crippen LogP contribution in [0, 0.1) is 23.0 Å². The molecule has 2 aromatic carbocycles. The summed E-state index contributed by atoms with van der Waals surface area (Å²) in [4.78, 5) is 25.3. The number of hydrogen-bond acceptors (Lipinski definition) is 4. The lowest BCUT2D eigenvalue weighted by molar-refractivity contribution is -0.384. The minimum atomic E-state index is -0.351. The fourth-order valence-electron chi connectivity index (χ4n) is 3.40. The van der Waals surface area contributed by atoms with Crippen LogP contribution in [0.1, 0.15) is 24.0 Å². The Kier molecular flexibility index (Phi) is 5.51. The van der Waals surface area contributed by atoms with Crippen molar-refractivity contribution in [2.75, 3.05) is 18.0 Å². The molecule has 0 radical (unpaired) electrons. The molecular formula is C20H23N3O3. The molecule has 6 nitrogen and oxygen atoms in total. The second kappa shape index (κ2) is 7.99. The minimum Gasteiger partial charge on any atom is -0.366 e. The molecule has 1 amide bonds. The number of piperidine rings is 1. The molecule has 26 heavy (non-hydrogen) atoms. The van der Waals surface area contributed by atoms with E-state index in [1.165, 1.54) is 11.6 Å². The van der Waals surface area contributed by atoms with Crippen LogP contribution in [0.2, 0.25) is 0 Å². The van der Waals surface area contributed by atoms with E-state index in [1.807, 2.05) is 42.2 Å². The summed E-state index contributed by atoms with van der Waals surface area (Å²) in [5.41, 5.74) is 3.04. The van der Waals surface area contributed by atoms with Crippen molar-refractivity contribution < 1.29 is 9.72 Å². The molecule has 1 N–H and O–H groups in total. The van der Waals surface area contributed by atoms with Crippen LogP contribution in [-0.4, -0.2) is 23.9 Å². The van der Waals surface area contributed by atoms with Crippen molar-refractivity contribution in [3.8, 4) is 0 Å². The van der Waals surface area contributed by atoms with Gasteiger partial charge in [-0.2, -0.15) is 0 Å². The van der Waals surface area contributed by atoms with Gasteiger partial charge in [0, 0.05) is 31.6 Å². The van der Waals surface area contributed by atoms with Crippen molar-refractivity contribution in [2.45, 2.75) is 26.3 Å². The Balaban J connectivity index is 1.56. The number of nitrogens with one attached hydrogen (secondary N) is 1. The van der Waals surface area contributed by atoms with Gasteiger partial charge in [-0.1, -0.05) is 36.4 Å². The number of nitrogens with zero attached hydrogens (tertiary/aromatic N) is 2. The molecule has 136 valence electrons. The molecule has 0 aliphatic carbocycles. The first kappa shape index (κ1) is 17.9. The molecule has 1 fully saturated rings. The highest BCUT2D eigenvalue weighted by Crippen LogP contribution is 2.31. The molecule has 0 saturated carbocycles. The first-order chi connectivity index (χ1) is 12.6. The van der Waals surface area contributed by atoms with Crippen molar-refractivity contribution >= 4 is 17.3 Å². The zero-order valence-corrected chi connectivity index (χ0v) is 14.9. The third-order valence-corrected chi connectivity index (χ3v) is 5.00. The van der Waals surface area contributed by atoms with Gasteiger partial charge in [0.1, 0.15) is 5.69 Å². The van der Waals surface area contributed by atoms with E-state index in [0.717, 1.165) is 5.56 Å². The van der Waals surface area contributed by atoms with Crippen molar-refractivity contribution in [2.24, 2.45) is 5.92 Å². The average Bonchev–Trinajstić information content (AvgIpc) is 2.67. The summed E-state index contributed by atoms with van der Waals surface area (Å²) in [6.45, 7) is 3.86. The molecule has 1 heterocycles. The number of amides is 1. The Hall–Kier alpha value is -2.89. The number of rotatable bonds is 5. The van der Waals surface area contributed by atoms with Gasteiger partial charge in [-0.25, -0.2) is 0 Å². The Labute approximate surface area is 153 Å². The van der Waals surface area contributed by atoms with E-state index in [4.69, 9.17) is 0 Å². The molecule has 0 atom stereocenters. The standard InChI is InChI=1S/C20H23N3O3/c1-15-6-2-3-7-17(15)14-21-20(24)16-10-12-22(13-11-16)18-8-4-5-9-19(18)23(25)26/h2-9,16H,10-14H2,1H3,(H,21,24). The summed E-state index contributed by atoms with van der Waals surface area (Å²) in [6.07, 6.45) is 1.40. The molecule has 0 unspecified atom stereocenters. The molecular weight excluding hydrogens is 330 g/mol. The zero-order valence-electron chi connectivity index (χ0n) is 14.9. The van der Waals surface area contributed by atoms with Crippen LogP contribution in [-0.2, 0) is 11.3 Å². The van der Waals surface area contributed by atoms with E-state index in [1.54, 1.807) is 12.1 Å². The third kappa shape index (κ3) is 4.02. The third-order valence-electron chi connectivity index (χ3n) is 5.00. The Morgan fingerprint density at radius 2 is 1.81 bits per heavy atom. The molecule has 1 aliphatic heterocycles. The second-order valence-electron chi connectivity index (χ2n) is 6.65. The van der Waals surface area contributed by atoms with E-state index < -0.39 is 0 Å². The quantitative estimate of drug-likeness (QED) is 0.660. The van der Waals surface area contributed by atoms with Gasteiger partial charge in [-0.05, 0) is 37.0 Å². The van der Waals surface area contributed by atoms with Crippen LogP contribution >= 0.6 is 0 Å². The first-order valence-corrected chi connectivity index (χ1v) is 8.87. The fraction of sp³-hybridized carbons (Fsp3) is 0.350. The number of carbonyl (C=O) groups excluding carboxylic acids is 1. The molecule has 1 aliphatic rings. The van der Waals surface area contributed by atoms with E-state index in [0.29, 0.717) is 38.2 Å². The van der Waals surface area contributed by atoms with Crippen LogP contribution < -0.4 is 10.2 Å². The first-order valence-electron chi connectivity index (χ1n) is 8.87. The number of benzene rings is 2. The SMILES string of the molecule is Cc1ccccc1CNC(=O)C1CCN(c2ccccc2[N+](=O)[O-])CC1. The zero-order chi connectivity index (χ0) is 18.5. The number of anilines is 1. The highest BCUT2D eigenvalue weighted by molar-refractivity contribution is 5.79. The number of carbonyl (C=O) groups is 1. The van der Waals surface area contributed by atoms with Crippen LogP contribution in [0.25, 0.3) is 0 Å². The lowest BCUT2D eigenvalue weighted by Crippen LogP contribution is -2.40. The maximum absolute atomic E-state index is 12.5. The van der Waals surface area contributed by atoms with Gasteiger partial charge in [0.2, 0.25) is 5.91 Å². The maximum atomic E-state index is 12.5. The van der Waals surface area contributed by atoms with E-state index in [-0.39, 0.29) is 22.4 Å². The van der Waals surface area contributed by atoms with Gasteiger partial charge in [0.05, 0.1) is 4.92 Å². The van der Waals surface area contributed by atoms with Crippen LogP contribution in [0.3, 0.4) is 0 Å². The molecule has 0 aromatic heterocycles. The molecule has 3 rings (SSSR count). The number of aryl methyl sites for hydroxylation is 1. The van der Waals surface area contributed by atoms with Gasteiger partial charge in [0.25, 0.3) is 5.69 Å². The minimum absolute atomic E-state index is 0.0435. The van der Waals surface area contributed by atoms with Gasteiger partial charge in [-0.3, -0.25) is 14.9 Å². The molecule has 1 saturated heterocycles. The fourth-order valence-corrected chi connectivity index (χ4v) is 3.40. The van der Waals surface area contributed by atoms with Gasteiger partial charge in [0.15, 0.2) is 0 Å². The number of nitro groups is 1. The molecule has 0 bridgehead atoms. The number of hydrogen-bond donors (Lipinski definition) is 1. The van der Waals surface area contributed by atoms with Gasteiger partial charge < -0.3 is 10.2 Å². The summed E-state index contributed by atoms with van der Waals surface area (Å²) in [6, 6.07) is 14.8. The number of para-hydroxylation sites is 2. The van der Waals surface area contributed by atoms with Crippen molar-refractivity contribution in [3.05, 3.63) is 69.8 Å². The van der Waals surface area contributed by atoms with Gasteiger partial charge >= 0.3 is 0 Å². The second-order valence-corrected chi connectivity index (χ2v) is 6.65. The van der Waals surface area contributed by atoms with Crippen molar-refractivity contribution in [3.63, 3.8) is 0 Å². The van der Waals surface area contributed by atoms with Gasteiger partial charge in [-0.15, -0.1) is 0 Å². The van der Waals surface area contributed by atoms with E-state index in [2.05, 4.69) is 5.32 Å². The highest BCUT2D eigenvalue weighted by Gasteiger charge is 2.27.